The van der Waals surface area contributed by atoms with Crippen LogP contribution >= 0.6 is 0 Å². The molecule has 0 saturated heterocycles. The van der Waals surface area contributed by atoms with Gasteiger partial charge in [0, 0.05) is 11.1 Å². The van der Waals surface area contributed by atoms with Crippen molar-refractivity contribution in [2.45, 2.75) is 19.8 Å². The standard InChI is InChI=1S/C10H10O2/c1-6-9(11)7-4-2-3-5-8(7)10(6)12/h2,4,6H,3,5H2,1H3. The number of hydrogen-bond acceptors (Lipinski definition) is 2. The number of hydrogen-bond donors (Lipinski definition) is 0. The molecule has 62 valence electrons. The summed E-state index contributed by atoms with van der Waals surface area (Å²) in [5, 5.41) is 0. The highest BCUT2D eigenvalue weighted by molar-refractivity contribution is 6.25. The third-order valence-corrected chi connectivity index (χ3v) is 2.52. The highest BCUT2D eigenvalue weighted by Gasteiger charge is 2.36. The summed E-state index contributed by atoms with van der Waals surface area (Å²) in [6.45, 7) is 1.69. The van der Waals surface area contributed by atoms with Crippen LogP contribution in [0.25, 0.3) is 0 Å². The first-order valence-electron chi connectivity index (χ1n) is 4.20. The van der Waals surface area contributed by atoms with E-state index in [4.69, 9.17) is 0 Å². The van der Waals surface area contributed by atoms with Gasteiger partial charge in [-0.3, -0.25) is 9.59 Å². The predicted octanol–water partition coefficient (Wildman–Crippen LogP) is 1.42. The van der Waals surface area contributed by atoms with Crippen LogP contribution in [0.15, 0.2) is 23.3 Å². The van der Waals surface area contributed by atoms with E-state index >= 15 is 0 Å². The van der Waals surface area contributed by atoms with Gasteiger partial charge in [-0.15, -0.1) is 0 Å². The van der Waals surface area contributed by atoms with E-state index in [1.807, 2.05) is 6.08 Å². The Morgan fingerprint density at radius 2 is 2.08 bits per heavy atom. The maximum Gasteiger partial charge on any atom is 0.173 e. The molecule has 0 fully saturated rings. The van der Waals surface area contributed by atoms with Crippen molar-refractivity contribution in [3.05, 3.63) is 23.3 Å². The minimum atomic E-state index is -0.419. The first-order chi connectivity index (χ1) is 5.72. The van der Waals surface area contributed by atoms with E-state index in [1.54, 1.807) is 13.0 Å². The minimum absolute atomic E-state index is 0.00551. The van der Waals surface area contributed by atoms with Crippen molar-refractivity contribution >= 4 is 11.6 Å². The number of ketones is 2. The van der Waals surface area contributed by atoms with E-state index in [1.165, 1.54) is 0 Å². The molecule has 0 spiro atoms. The van der Waals surface area contributed by atoms with Crippen molar-refractivity contribution in [3.8, 4) is 0 Å². The fourth-order valence-corrected chi connectivity index (χ4v) is 1.76. The Labute approximate surface area is 71.0 Å². The number of Topliss-reactive ketones (excluding diaryl/α,β-unsaturated/α-hetero) is 2. The second-order valence-electron chi connectivity index (χ2n) is 3.28. The molecule has 2 nitrogen and oxygen atoms in total. The second kappa shape index (κ2) is 2.41. The molecule has 12 heavy (non-hydrogen) atoms. The Morgan fingerprint density at radius 1 is 1.33 bits per heavy atom. The van der Waals surface area contributed by atoms with Crippen LogP contribution in [0.5, 0.6) is 0 Å². The summed E-state index contributed by atoms with van der Waals surface area (Å²) in [6, 6.07) is 0. The highest BCUT2D eigenvalue weighted by Crippen LogP contribution is 2.31. The summed E-state index contributed by atoms with van der Waals surface area (Å²) < 4.78 is 0. The zero-order valence-electron chi connectivity index (χ0n) is 6.96. The largest absolute Gasteiger partial charge is 0.294 e. The van der Waals surface area contributed by atoms with Crippen LogP contribution in [-0.4, -0.2) is 11.6 Å². The average molecular weight is 162 g/mol. The van der Waals surface area contributed by atoms with Gasteiger partial charge in [0.25, 0.3) is 0 Å². The summed E-state index contributed by atoms with van der Waals surface area (Å²) in [6.07, 6.45) is 5.40. The second-order valence-corrected chi connectivity index (χ2v) is 3.28. The number of rotatable bonds is 0. The maximum absolute atomic E-state index is 11.4. The van der Waals surface area contributed by atoms with Crippen molar-refractivity contribution in [1.29, 1.82) is 0 Å². The summed E-state index contributed by atoms with van der Waals surface area (Å²) in [4.78, 5) is 22.9. The number of allylic oxidation sites excluding steroid dienone is 4. The van der Waals surface area contributed by atoms with Crippen LogP contribution in [0, 0.1) is 5.92 Å². The quantitative estimate of drug-likeness (QED) is 0.505. The fourth-order valence-electron chi connectivity index (χ4n) is 1.76. The molecule has 0 radical (unpaired) electrons. The minimum Gasteiger partial charge on any atom is -0.294 e. The molecular formula is C10H10O2. The van der Waals surface area contributed by atoms with Crippen molar-refractivity contribution in [2.75, 3.05) is 0 Å². The Bertz CT molecular complexity index is 321. The van der Waals surface area contributed by atoms with E-state index in [2.05, 4.69) is 0 Å². The smallest absolute Gasteiger partial charge is 0.173 e. The van der Waals surface area contributed by atoms with Crippen LogP contribution in [-0.2, 0) is 9.59 Å². The molecule has 0 aromatic carbocycles. The lowest BCUT2D eigenvalue weighted by molar-refractivity contribution is -0.125. The van der Waals surface area contributed by atoms with Crippen molar-refractivity contribution in [1.82, 2.24) is 0 Å². The van der Waals surface area contributed by atoms with E-state index in [-0.39, 0.29) is 11.6 Å². The van der Waals surface area contributed by atoms with Gasteiger partial charge in [0.15, 0.2) is 11.6 Å². The molecule has 1 atom stereocenters. The van der Waals surface area contributed by atoms with Crippen molar-refractivity contribution < 1.29 is 9.59 Å². The van der Waals surface area contributed by atoms with E-state index in [9.17, 15) is 9.59 Å². The predicted molar refractivity (Wildman–Crippen MR) is 44.6 cm³/mol. The maximum atomic E-state index is 11.4. The van der Waals surface area contributed by atoms with Gasteiger partial charge in [-0.2, -0.15) is 0 Å². The van der Waals surface area contributed by atoms with Gasteiger partial charge in [-0.1, -0.05) is 12.2 Å². The molecule has 2 aliphatic rings. The van der Waals surface area contributed by atoms with Gasteiger partial charge in [0.1, 0.15) is 0 Å². The average Bonchev–Trinajstić information content (AvgIpc) is 2.33. The summed E-state index contributed by atoms with van der Waals surface area (Å²) >= 11 is 0. The molecule has 0 bridgehead atoms. The Kier molecular flexibility index (Phi) is 1.50. The molecule has 2 aliphatic carbocycles. The number of carbonyl (C=O) groups is 2. The monoisotopic (exact) mass is 162 g/mol. The van der Waals surface area contributed by atoms with Crippen LogP contribution in [0.1, 0.15) is 19.8 Å². The molecule has 0 aromatic rings. The molecule has 0 amide bonds. The van der Waals surface area contributed by atoms with Gasteiger partial charge in [-0.05, 0) is 19.8 Å². The normalized spacial score (nSPS) is 28.2. The van der Waals surface area contributed by atoms with E-state index in [0.717, 1.165) is 18.4 Å². The van der Waals surface area contributed by atoms with E-state index < -0.39 is 5.92 Å². The highest BCUT2D eigenvalue weighted by atomic mass is 16.2. The van der Waals surface area contributed by atoms with Crippen LogP contribution in [0.4, 0.5) is 0 Å². The fraction of sp³-hybridized carbons (Fsp3) is 0.400. The van der Waals surface area contributed by atoms with Gasteiger partial charge in [-0.25, -0.2) is 0 Å². The van der Waals surface area contributed by atoms with Gasteiger partial charge in [0.05, 0.1) is 5.92 Å². The van der Waals surface area contributed by atoms with Gasteiger partial charge < -0.3 is 0 Å². The summed E-state index contributed by atoms with van der Waals surface area (Å²) in [5.41, 5.74) is 1.42. The molecule has 0 heterocycles. The first kappa shape index (κ1) is 7.47. The molecule has 2 heteroatoms. The summed E-state index contributed by atoms with van der Waals surface area (Å²) in [5.74, 6) is -0.372. The molecule has 0 aromatic heterocycles. The Morgan fingerprint density at radius 3 is 2.75 bits per heavy atom. The van der Waals surface area contributed by atoms with Gasteiger partial charge in [0.2, 0.25) is 0 Å². The summed E-state index contributed by atoms with van der Waals surface area (Å²) in [7, 11) is 0. The lowest BCUT2D eigenvalue weighted by Crippen LogP contribution is -2.12. The Hall–Kier alpha value is -1.18. The van der Waals surface area contributed by atoms with Crippen molar-refractivity contribution in [3.63, 3.8) is 0 Å². The van der Waals surface area contributed by atoms with Crippen molar-refractivity contribution in [2.24, 2.45) is 5.92 Å². The molecular weight excluding hydrogens is 152 g/mol. The van der Waals surface area contributed by atoms with E-state index in [0.29, 0.717) is 5.57 Å². The molecule has 1 unspecified atom stereocenters. The molecule has 0 N–H and O–H groups in total. The zero-order valence-corrected chi connectivity index (χ0v) is 6.96. The van der Waals surface area contributed by atoms with Crippen LogP contribution in [0.3, 0.4) is 0 Å². The van der Waals surface area contributed by atoms with Crippen LogP contribution in [0.2, 0.25) is 0 Å². The molecule has 0 aliphatic heterocycles. The molecule has 2 rings (SSSR count). The first-order valence-corrected chi connectivity index (χ1v) is 4.20. The third kappa shape index (κ3) is 0.809. The lowest BCUT2D eigenvalue weighted by atomic mass is 10.00. The number of carbonyl (C=O) groups excluding carboxylic acids is 2. The lowest BCUT2D eigenvalue weighted by Gasteiger charge is -2.03. The third-order valence-electron chi connectivity index (χ3n) is 2.52. The molecule has 0 saturated carbocycles. The SMILES string of the molecule is CC1C(=O)C2=C(CCC=C2)C1=O. The Balaban J connectivity index is 2.49. The van der Waals surface area contributed by atoms with Gasteiger partial charge >= 0.3 is 0 Å². The van der Waals surface area contributed by atoms with Crippen LogP contribution < -0.4 is 0 Å². The topological polar surface area (TPSA) is 34.1 Å². The zero-order chi connectivity index (χ0) is 8.72.